The number of ether oxygens (including phenoxy) is 3. The van der Waals surface area contributed by atoms with Gasteiger partial charge in [-0.05, 0) is 113 Å². The number of hydrogen-bond donors (Lipinski definition) is 4. The number of amides is 4. The van der Waals surface area contributed by atoms with Crippen LogP contribution in [0.4, 0.5) is 10.5 Å². The van der Waals surface area contributed by atoms with E-state index in [-0.39, 0.29) is 25.9 Å². The molecule has 2 aliphatic heterocycles. The fourth-order valence-corrected chi connectivity index (χ4v) is 9.06. The number of aromatic nitrogens is 1. The third kappa shape index (κ3) is 9.62. The number of carbonyl (C=O) groups excluding carboxylic acids is 4. The van der Waals surface area contributed by atoms with E-state index in [2.05, 4.69) is 20.7 Å². The molecular weight excluding hydrogens is 791 g/mol. The van der Waals surface area contributed by atoms with Crippen LogP contribution in [-0.2, 0) is 29.1 Å². The Bertz CT molecular complexity index is 2270. The molecular formula is C43H55N7O9S. The third-order valence-electron chi connectivity index (χ3n) is 11.2. The SMILES string of the molecule is COc1ccc(-c2cc3cc(N(C)C)ccc3c(OC3C[C@H]4C(=O)N[C@]5(C(=O)NS(=O)(=O)C6CC6)C[C@H]5/C=C\CCCNC[C@H](NC(=O)OC(C)(C)C)C(=O)N4C3)n2)cc1. The van der Waals surface area contributed by atoms with Gasteiger partial charge in [0.2, 0.25) is 27.7 Å². The average molecular weight is 846 g/mol. The van der Waals surface area contributed by atoms with E-state index in [0.29, 0.717) is 54.9 Å². The molecule has 0 bridgehead atoms. The Balaban J connectivity index is 1.24. The molecule has 4 amide bonds. The lowest BCUT2D eigenvalue weighted by molar-refractivity contribution is -0.141. The first-order valence-electron chi connectivity index (χ1n) is 20.4. The maximum absolute atomic E-state index is 14.7. The van der Waals surface area contributed by atoms with Crippen LogP contribution < -0.4 is 35.0 Å². The summed E-state index contributed by atoms with van der Waals surface area (Å²) >= 11 is 0. The van der Waals surface area contributed by atoms with Gasteiger partial charge in [0.15, 0.2) is 0 Å². The molecule has 1 saturated heterocycles. The quantitative estimate of drug-likeness (QED) is 0.229. The summed E-state index contributed by atoms with van der Waals surface area (Å²) in [7, 11) is 1.58. The van der Waals surface area contributed by atoms with Gasteiger partial charge in [-0.2, -0.15) is 0 Å². The van der Waals surface area contributed by atoms with Crippen molar-refractivity contribution < 1.29 is 41.8 Å². The van der Waals surface area contributed by atoms with Gasteiger partial charge < -0.3 is 40.0 Å². The topological polar surface area (TPSA) is 198 Å². The van der Waals surface area contributed by atoms with E-state index in [9.17, 15) is 27.6 Å². The minimum absolute atomic E-state index is 0.00839. The minimum atomic E-state index is -3.92. The number of nitrogens with one attached hydrogen (secondary N) is 4. The number of pyridine rings is 1. The summed E-state index contributed by atoms with van der Waals surface area (Å²) in [6, 6.07) is 13.1. The fourth-order valence-electron chi connectivity index (χ4n) is 7.69. The maximum Gasteiger partial charge on any atom is 0.408 e. The first-order chi connectivity index (χ1) is 28.5. The van der Waals surface area contributed by atoms with Gasteiger partial charge in [-0.3, -0.25) is 19.1 Å². The van der Waals surface area contributed by atoms with E-state index in [4.69, 9.17) is 19.2 Å². The molecule has 4 aliphatic rings. The smallest absolute Gasteiger partial charge is 0.408 e. The highest BCUT2D eigenvalue weighted by Crippen LogP contribution is 2.46. The highest BCUT2D eigenvalue weighted by atomic mass is 32.2. The standard InChI is InChI=1S/C43H55N7O9S/c1-42(2,3)59-41(54)46-35-24-44-19-9-7-8-10-28-23-43(28,40(53)48-60(55,56)32-16-17-32)47-37(51)36-22-31(25-50(36)39(35)52)58-38-33-18-13-29(49(4)5)20-27(33)21-34(45-38)26-11-14-30(57-6)15-12-26/h8,10-15,18,20-21,28,31-32,35-36,44H,7,9,16-17,19,22-25H2,1-6H3,(H,46,54)(H,47,51)(H,48,53)/b10-8-/t28-,31?,35+,36+,43-/m1/s1. The number of benzene rings is 2. The van der Waals surface area contributed by atoms with Crippen molar-refractivity contribution >= 4 is 50.3 Å². The van der Waals surface area contributed by atoms with Crippen LogP contribution >= 0.6 is 0 Å². The molecule has 7 rings (SSSR count). The lowest BCUT2D eigenvalue weighted by Gasteiger charge is -2.30. The van der Waals surface area contributed by atoms with Gasteiger partial charge in [-0.15, -0.1) is 0 Å². The molecule has 0 radical (unpaired) electrons. The molecule has 3 heterocycles. The van der Waals surface area contributed by atoms with Gasteiger partial charge in [0, 0.05) is 49.6 Å². The molecule has 5 atom stereocenters. The zero-order valence-electron chi connectivity index (χ0n) is 34.9. The van der Waals surface area contributed by atoms with Gasteiger partial charge in [0.1, 0.15) is 35.1 Å². The Morgan fingerprint density at radius 3 is 2.48 bits per heavy atom. The van der Waals surface area contributed by atoms with Crippen molar-refractivity contribution in [2.75, 3.05) is 45.7 Å². The predicted molar refractivity (Wildman–Crippen MR) is 226 cm³/mol. The summed E-state index contributed by atoms with van der Waals surface area (Å²) in [5, 5.41) is 9.79. The van der Waals surface area contributed by atoms with Gasteiger partial charge in [0.25, 0.3) is 5.91 Å². The van der Waals surface area contributed by atoms with Crippen LogP contribution in [0.5, 0.6) is 11.6 Å². The van der Waals surface area contributed by atoms with Gasteiger partial charge >= 0.3 is 6.09 Å². The number of allylic oxidation sites excluding steroid dienone is 1. The Hall–Kier alpha value is -5.42. The molecule has 4 N–H and O–H groups in total. The van der Waals surface area contributed by atoms with E-state index in [1.807, 2.05) is 79.7 Å². The summed E-state index contributed by atoms with van der Waals surface area (Å²) in [6.45, 7) is 5.65. The summed E-state index contributed by atoms with van der Waals surface area (Å²) in [4.78, 5) is 64.5. The number of alkyl carbamates (subject to hydrolysis) is 1. The van der Waals surface area contributed by atoms with Crippen molar-refractivity contribution in [3.05, 3.63) is 60.7 Å². The number of sulfonamides is 1. The van der Waals surface area contributed by atoms with Crippen molar-refractivity contribution in [1.29, 1.82) is 0 Å². The maximum atomic E-state index is 14.7. The van der Waals surface area contributed by atoms with Crippen molar-refractivity contribution in [1.82, 2.24) is 30.6 Å². The van der Waals surface area contributed by atoms with E-state index < -0.39 is 74.3 Å². The van der Waals surface area contributed by atoms with Crippen LogP contribution in [0, 0.1) is 5.92 Å². The van der Waals surface area contributed by atoms with Gasteiger partial charge in [0.05, 0.1) is 24.6 Å². The molecule has 2 saturated carbocycles. The molecule has 322 valence electrons. The average Bonchev–Trinajstić information content (AvgIpc) is 4.12. The lowest BCUT2D eigenvalue weighted by Crippen LogP contribution is -2.59. The highest BCUT2D eigenvalue weighted by molar-refractivity contribution is 7.91. The van der Waals surface area contributed by atoms with E-state index in [0.717, 1.165) is 16.6 Å². The molecule has 16 nitrogen and oxygen atoms in total. The van der Waals surface area contributed by atoms with Crippen LogP contribution in [-0.4, -0.2) is 118 Å². The molecule has 1 aromatic heterocycles. The van der Waals surface area contributed by atoms with Crippen LogP contribution in [0.25, 0.3) is 22.0 Å². The second kappa shape index (κ2) is 16.9. The highest BCUT2D eigenvalue weighted by Gasteiger charge is 2.62. The fraction of sp³-hybridized carbons (Fsp3) is 0.512. The second-order valence-electron chi connectivity index (χ2n) is 17.2. The van der Waals surface area contributed by atoms with Gasteiger partial charge in [-0.1, -0.05) is 12.2 Å². The summed E-state index contributed by atoms with van der Waals surface area (Å²) < 4.78 is 45.7. The minimum Gasteiger partial charge on any atom is -0.497 e. The number of carbonyl (C=O) groups is 4. The van der Waals surface area contributed by atoms with Crippen molar-refractivity contribution in [2.24, 2.45) is 5.92 Å². The van der Waals surface area contributed by atoms with Crippen LogP contribution in [0.15, 0.2) is 60.7 Å². The summed E-state index contributed by atoms with van der Waals surface area (Å²) in [6.07, 6.45) is 4.61. The second-order valence-corrected chi connectivity index (χ2v) is 19.2. The molecule has 2 aromatic carbocycles. The Morgan fingerprint density at radius 2 is 1.80 bits per heavy atom. The zero-order chi connectivity index (χ0) is 43.0. The van der Waals surface area contributed by atoms with E-state index >= 15 is 0 Å². The Labute approximate surface area is 350 Å². The van der Waals surface area contributed by atoms with Crippen molar-refractivity contribution in [3.8, 4) is 22.9 Å². The monoisotopic (exact) mass is 845 g/mol. The van der Waals surface area contributed by atoms with Crippen LogP contribution in [0.1, 0.15) is 59.3 Å². The number of hydrogen-bond acceptors (Lipinski definition) is 12. The number of fused-ring (bicyclic) bond motifs is 3. The molecule has 17 heteroatoms. The van der Waals surface area contributed by atoms with Crippen molar-refractivity contribution in [2.45, 2.75) is 93.9 Å². The number of methoxy groups -OCH3 is 1. The third-order valence-corrected chi connectivity index (χ3v) is 13.0. The van der Waals surface area contributed by atoms with Crippen molar-refractivity contribution in [3.63, 3.8) is 0 Å². The lowest BCUT2D eigenvalue weighted by atomic mass is 10.1. The first kappa shape index (κ1) is 42.7. The number of anilines is 1. The predicted octanol–water partition coefficient (Wildman–Crippen LogP) is 3.64. The first-order valence-corrected chi connectivity index (χ1v) is 22.0. The van der Waals surface area contributed by atoms with E-state index in [1.54, 1.807) is 27.9 Å². The zero-order valence-corrected chi connectivity index (χ0v) is 35.8. The summed E-state index contributed by atoms with van der Waals surface area (Å²) in [5.41, 5.74) is 0.0309. The Kier molecular flexibility index (Phi) is 12.0. The largest absolute Gasteiger partial charge is 0.497 e. The summed E-state index contributed by atoms with van der Waals surface area (Å²) in [5.74, 6) is -1.49. The molecule has 1 unspecified atom stereocenters. The van der Waals surface area contributed by atoms with Crippen LogP contribution in [0.3, 0.4) is 0 Å². The van der Waals surface area contributed by atoms with Gasteiger partial charge in [-0.25, -0.2) is 18.2 Å². The molecule has 3 aromatic rings. The molecule has 2 aliphatic carbocycles. The molecule has 3 fully saturated rings. The van der Waals surface area contributed by atoms with E-state index in [1.165, 1.54) is 4.90 Å². The normalized spacial score (nSPS) is 25.4. The van der Waals surface area contributed by atoms with Crippen LogP contribution in [0.2, 0.25) is 0 Å². The number of rotatable bonds is 9. The number of nitrogens with zero attached hydrogens (tertiary/aromatic N) is 3. The molecule has 60 heavy (non-hydrogen) atoms. The Morgan fingerprint density at radius 1 is 1.05 bits per heavy atom. The molecule has 0 spiro atoms.